The van der Waals surface area contributed by atoms with E-state index >= 15 is 0 Å². The van der Waals surface area contributed by atoms with E-state index in [-0.39, 0.29) is 0 Å². The zero-order chi connectivity index (χ0) is 16.5. The number of nitrogens with zero attached hydrogens (tertiary/aromatic N) is 4. The average molecular weight is 322 g/mol. The fourth-order valence-electron chi connectivity index (χ4n) is 3.71. The van der Waals surface area contributed by atoms with Gasteiger partial charge in [0, 0.05) is 5.69 Å². The molecule has 0 aliphatic carbocycles. The molecule has 2 atom stereocenters. The Morgan fingerprint density at radius 2 is 2.04 bits per heavy atom. The highest BCUT2D eigenvalue weighted by Crippen LogP contribution is 2.18. The number of hydrogen-bond acceptors (Lipinski definition) is 3. The number of fused-ring (bicyclic) bond motifs is 1. The molecule has 0 bridgehead atoms. The van der Waals surface area contributed by atoms with Crippen LogP contribution in [0.3, 0.4) is 0 Å². The summed E-state index contributed by atoms with van der Waals surface area (Å²) in [5, 5.41) is 8.60. The molecule has 0 radical (unpaired) electrons. The minimum atomic E-state index is 0.519. The van der Waals surface area contributed by atoms with Crippen molar-refractivity contribution in [2.75, 3.05) is 24.5 Å². The maximum atomic E-state index is 4.34. The lowest BCUT2D eigenvalue weighted by Gasteiger charge is -2.38. The number of para-hydroxylation sites is 1. The number of anilines is 1. The van der Waals surface area contributed by atoms with Crippen molar-refractivity contribution in [2.45, 2.75) is 26.6 Å². The van der Waals surface area contributed by atoms with Gasteiger partial charge in [-0.15, -0.1) is 5.10 Å². The Balaban J connectivity index is 1.47. The van der Waals surface area contributed by atoms with Crippen molar-refractivity contribution in [3.05, 3.63) is 54.1 Å². The summed E-state index contributed by atoms with van der Waals surface area (Å²) in [7, 11) is 0. The zero-order valence-corrected chi connectivity index (χ0v) is 14.3. The summed E-state index contributed by atoms with van der Waals surface area (Å²) in [6.07, 6.45) is 0. The van der Waals surface area contributed by atoms with Gasteiger partial charge in [0.2, 0.25) is 0 Å². The summed E-state index contributed by atoms with van der Waals surface area (Å²) in [5.41, 5.74) is 4.76. The molecule has 1 N–H and O–H groups in total. The van der Waals surface area contributed by atoms with Crippen molar-refractivity contribution in [3.8, 4) is 0 Å². The lowest BCUT2D eigenvalue weighted by Crippen LogP contribution is -3.15. The number of aromatic nitrogens is 3. The Labute approximate surface area is 142 Å². The van der Waals surface area contributed by atoms with Gasteiger partial charge in [-0.25, -0.2) is 0 Å². The predicted octanol–water partition coefficient (Wildman–Crippen LogP) is 1.49. The second kappa shape index (κ2) is 6.24. The summed E-state index contributed by atoms with van der Waals surface area (Å²) in [6, 6.07) is 17.5. The molecule has 0 amide bonds. The molecule has 124 valence electrons. The Hall–Kier alpha value is -2.40. The van der Waals surface area contributed by atoms with Gasteiger partial charge in [-0.2, -0.15) is 4.68 Å². The van der Waals surface area contributed by atoms with E-state index in [1.165, 1.54) is 11.3 Å². The monoisotopic (exact) mass is 322 g/mol. The Morgan fingerprint density at radius 1 is 1.17 bits per heavy atom. The molecular weight excluding hydrogens is 298 g/mol. The minimum Gasteiger partial charge on any atom is -0.358 e. The van der Waals surface area contributed by atoms with Gasteiger partial charge in [0.05, 0.1) is 31.2 Å². The first-order valence-corrected chi connectivity index (χ1v) is 8.66. The molecule has 5 nitrogen and oxygen atoms in total. The molecule has 1 saturated heterocycles. The zero-order valence-electron chi connectivity index (χ0n) is 14.3. The molecule has 0 spiro atoms. The second-order valence-corrected chi connectivity index (χ2v) is 6.82. The topological polar surface area (TPSA) is 38.4 Å². The quantitative estimate of drug-likeness (QED) is 0.794. The van der Waals surface area contributed by atoms with Gasteiger partial charge >= 0.3 is 0 Å². The summed E-state index contributed by atoms with van der Waals surface area (Å²) in [5.74, 6) is 0. The van der Waals surface area contributed by atoms with Crippen molar-refractivity contribution in [3.63, 3.8) is 0 Å². The van der Waals surface area contributed by atoms with Crippen LogP contribution < -0.4 is 9.80 Å². The molecule has 1 aliphatic heterocycles. The van der Waals surface area contributed by atoms with Crippen LogP contribution >= 0.6 is 0 Å². The lowest BCUT2D eigenvalue weighted by atomic mass is 10.1. The number of piperazine rings is 1. The van der Waals surface area contributed by atoms with Gasteiger partial charge in [0.25, 0.3) is 0 Å². The van der Waals surface area contributed by atoms with Crippen molar-refractivity contribution in [2.24, 2.45) is 0 Å². The van der Waals surface area contributed by atoms with E-state index in [1.54, 1.807) is 4.90 Å². The molecule has 2 heterocycles. The number of nitrogens with one attached hydrogen (secondary N) is 1. The van der Waals surface area contributed by atoms with Crippen molar-refractivity contribution < 1.29 is 4.90 Å². The molecule has 2 aromatic carbocycles. The van der Waals surface area contributed by atoms with Gasteiger partial charge in [-0.05, 0) is 43.7 Å². The first-order chi connectivity index (χ1) is 11.7. The molecular formula is C19H24N5+. The van der Waals surface area contributed by atoms with E-state index in [2.05, 4.69) is 65.5 Å². The lowest BCUT2D eigenvalue weighted by molar-refractivity contribution is -0.926. The van der Waals surface area contributed by atoms with Crippen LogP contribution in [-0.4, -0.2) is 40.7 Å². The van der Waals surface area contributed by atoms with Gasteiger partial charge in [0.15, 0.2) is 6.67 Å². The first-order valence-electron chi connectivity index (χ1n) is 8.66. The number of benzene rings is 2. The van der Waals surface area contributed by atoms with E-state index in [0.29, 0.717) is 6.04 Å². The Bertz CT molecular complexity index is 840. The van der Waals surface area contributed by atoms with Crippen LogP contribution in [0.4, 0.5) is 5.69 Å². The molecule has 0 saturated carbocycles. The minimum absolute atomic E-state index is 0.519. The summed E-state index contributed by atoms with van der Waals surface area (Å²) >= 11 is 0. The van der Waals surface area contributed by atoms with Crippen molar-refractivity contribution in [1.82, 2.24) is 15.0 Å². The van der Waals surface area contributed by atoms with Gasteiger partial charge in [-0.1, -0.05) is 29.5 Å². The third-order valence-electron chi connectivity index (χ3n) is 4.95. The molecule has 5 heteroatoms. The van der Waals surface area contributed by atoms with Gasteiger partial charge in [-0.3, -0.25) is 0 Å². The van der Waals surface area contributed by atoms with Crippen molar-refractivity contribution >= 4 is 16.7 Å². The van der Waals surface area contributed by atoms with Crippen LogP contribution in [-0.2, 0) is 6.67 Å². The number of rotatable bonds is 3. The number of quaternary nitrogens is 1. The highest BCUT2D eigenvalue weighted by molar-refractivity contribution is 5.73. The molecule has 4 rings (SSSR count). The SMILES string of the molecule is Cc1cccc(N2CC[NH+](Cn3nnc4ccccc43)C[C@H]2C)c1. The molecule has 24 heavy (non-hydrogen) atoms. The molecule has 1 fully saturated rings. The fraction of sp³-hybridized carbons (Fsp3) is 0.368. The molecule has 3 aromatic rings. The molecule has 1 unspecified atom stereocenters. The van der Waals surface area contributed by atoms with Crippen molar-refractivity contribution in [1.29, 1.82) is 0 Å². The van der Waals surface area contributed by atoms with Crippen LogP contribution in [0.5, 0.6) is 0 Å². The summed E-state index contributed by atoms with van der Waals surface area (Å²) in [4.78, 5) is 4.08. The van der Waals surface area contributed by atoms with E-state index < -0.39 is 0 Å². The largest absolute Gasteiger partial charge is 0.358 e. The van der Waals surface area contributed by atoms with E-state index in [4.69, 9.17) is 0 Å². The standard InChI is InChI=1S/C19H23N5/c1-15-6-5-7-17(12-15)23-11-10-22(13-16(23)2)14-24-19-9-4-3-8-18(19)20-21-24/h3-9,12,16H,10-11,13-14H2,1-2H3/p+1/t16-/m1/s1. The highest BCUT2D eigenvalue weighted by Gasteiger charge is 2.27. The van der Waals surface area contributed by atoms with Crippen LogP contribution in [0.2, 0.25) is 0 Å². The second-order valence-electron chi connectivity index (χ2n) is 6.82. The molecule has 1 aliphatic rings. The van der Waals surface area contributed by atoms with Crippen LogP contribution in [0.25, 0.3) is 11.0 Å². The maximum Gasteiger partial charge on any atom is 0.175 e. The third kappa shape index (κ3) is 2.87. The smallest absolute Gasteiger partial charge is 0.175 e. The first kappa shape index (κ1) is 15.1. The summed E-state index contributed by atoms with van der Waals surface area (Å²) < 4.78 is 2.04. The third-order valence-corrected chi connectivity index (χ3v) is 4.95. The average Bonchev–Trinajstić information content (AvgIpc) is 2.98. The van der Waals surface area contributed by atoms with E-state index in [0.717, 1.165) is 37.3 Å². The Kier molecular flexibility index (Phi) is 3.94. The highest BCUT2D eigenvalue weighted by atomic mass is 15.5. The fourth-order valence-corrected chi connectivity index (χ4v) is 3.71. The predicted molar refractivity (Wildman–Crippen MR) is 96.2 cm³/mol. The Morgan fingerprint density at radius 3 is 2.88 bits per heavy atom. The number of aryl methyl sites for hydroxylation is 1. The molecule has 1 aromatic heterocycles. The van der Waals surface area contributed by atoms with Crippen LogP contribution in [0, 0.1) is 6.92 Å². The van der Waals surface area contributed by atoms with E-state index in [1.807, 2.05) is 16.8 Å². The number of hydrogen-bond donors (Lipinski definition) is 1. The van der Waals surface area contributed by atoms with Gasteiger partial charge < -0.3 is 9.80 Å². The van der Waals surface area contributed by atoms with E-state index in [9.17, 15) is 0 Å². The van der Waals surface area contributed by atoms with Crippen LogP contribution in [0.1, 0.15) is 12.5 Å². The van der Waals surface area contributed by atoms with Gasteiger partial charge in [0.1, 0.15) is 5.52 Å². The van der Waals surface area contributed by atoms with Crippen LogP contribution in [0.15, 0.2) is 48.5 Å². The summed E-state index contributed by atoms with van der Waals surface area (Å²) in [6.45, 7) is 8.67. The normalized spacial score (nSPS) is 21.3. The maximum absolute atomic E-state index is 4.34.